The Balaban J connectivity index is 1.61. The first-order valence-electron chi connectivity index (χ1n) is 6.94. The van der Waals surface area contributed by atoms with Gasteiger partial charge >= 0.3 is 0 Å². The summed E-state index contributed by atoms with van der Waals surface area (Å²) >= 11 is 0. The van der Waals surface area contributed by atoms with E-state index in [1.54, 1.807) is 0 Å². The molecule has 0 saturated carbocycles. The fourth-order valence-electron chi connectivity index (χ4n) is 2.32. The van der Waals surface area contributed by atoms with Crippen LogP contribution in [0, 0.1) is 0 Å². The van der Waals surface area contributed by atoms with E-state index in [1.807, 2.05) is 18.2 Å². The molecule has 1 aromatic carbocycles. The summed E-state index contributed by atoms with van der Waals surface area (Å²) in [7, 11) is 2.08. The smallest absolute Gasteiger partial charge is 0.244 e. The predicted molar refractivity (Wildman–Crippen MR) is 77.0 cm³/mol. The number of nitrogens with one attached hydrogen (secondary N) is 2. The minimum atomic E-state index is -0.345. The van der Waals surface area contributed by atoms with E-state index in [-0.39, 0.29) is 24.3 Å². The molecule has 20 heavy (non-hydrogen) atoms. The highest BCUT2D eigenvalue weighted by molar-refractivity contribution is 6.05. The van der Waals surface area contributed by atoms with Gasteiger partial charge in [0, 0.05) is 6.54 Å². The van der Waals surface area contributed by atoms with Gasteiger partial charge in [0.1, 0.15) is 0 Å². The minimum absolute atomic E-state index is 0.186. The summed E-state index contributed by atoms with van der Waals surface area (Å²) in [5.74, 6) is -0.388. The van der Waals surface area contributed by atoms with Gasteiger partial charge in [-0.25, -0.2) is 0 Å². The SMILES string of the molecule is CN(CCCNC1CC(=O)NC1=O)Cc1ccccc1. The first-order chi connectivity index (χ1) is 9.65. The zero-order valence-electron chi connectivity index (χ0n) is 11.8. The molecule has 1 aliphatic heterocycles. The molecule has 1 unspecified atom stereocenters. The van der Waals surface area contributed by atoms with Crippen LogP contribution in [0.5, 0.6) is 0 Å². The van der Waals surface area contributed by atoms with E-state index in [2.05, 4.69) is 34.7 Å². The molecule has 0 spiro atoms. The average Bonchev–Trinajstić information content (AvgIpc) is 2.74. The van der Waals surface area contributed by atoms with Crippen LogP contribution in [0.2, 0.25) is 0 Å². The quantitative estimate of drug-likeness (QED) is 0.562. The lowest BCUT2D eigenvalue weighted by Gasteiger charge is -2.17. The van der Waals surface area contributed by atoms with Crippen molar-refractivity contribution in [3.8, 4) is 0 Å². The van der Waals surface area contributed by atoms with Crippen LogP contribution in [-0.2, 0) is 16.1 Å². The molecule has 108 valence electrons. The highest BCUT2D eigenvalue weighted by atomic mass is 16.2. The van der Waals surface area contributed by atoms with E-state index in [0.717, 1.165) is 26.1 Å². The average molecular weight is 275 g/mol. The molecule has 0 aliphatic carbocycles. The molecule has 0 radical (unpaired) electrons. The molecule has 1 saturated heterocycles. The molecule has 1 heterocycles. The van der Waals surface area contributed by atoms with Crippen LogP contribution in [0.15, 0.2) is 30.3 Å². The van der Waals surface area contributed by atoms with Crippen LogP contribution >= 0.6 is 0 Å². The second-order valence-electron chi connectivity index (χ2n) is 5.20. The molecular weight excluding hydrogens is 254 g/mol. The summed E-state index contributed by atoms with van der Waals surface area (Å²) in [6.07, 6.45) is 1.21. The van der Waals surface area contributed by atoms with Gasteiger partial charge in [-0.3, -0.25) is 14.9 Å². The van der Waals surface area contributed by atoms with E-state index >= 15 is 0 Å². The summed E-state index contributed by atoms with van der Waals surface area (Å²) in [6.45, 7) is 2.61. The zero-order chi connectivity index (χ0) is 14.4. The van der Waals surface area contributed by atoms with Crippen LogP contribution in [0.4, 0.5) is 0 Å². The molecule has 2 rings (SSSR count). The Bertz CT molecular complexity index is 461. The van der Waals surface area contributed by atoms with Crippen molar-refractivity contribution in [3.63, 3.8) is 0 Å². The van der Waals surface area contributed by atoms with Gasteiger partial charge in [-0.2, -0.15) is 0 Å². The second-order valence-corrected chi connectivity index (χ2v) is 5.20. The van der Waals surface area contributed by atoms with Crippen molar-refractivity contribution in [3.05, 3.63) is 35.9 Å². The Kier molecular flexibility index (Phi) is 5.26. The number of nitrogens with zero attached hydrogens (tertiary/aromatic N) is 1. The van der Waals surface area contributed by atoms with Crippen molar-refractivity contribution in [2.45, 2.75) is 25.4 Å². The summed E-state index contributed by atoms with van der Waals surface area (Å²) in [5, 5.41) is 5.42. The van der Waals surface area contributed by atoms with E-state index in [1.165, 1.54) is 5.56 Å². The molecule has 1 aliphatic rings. The Morgan fingerprint density at radius 2 is 2.05 bits per heavy atom. The van der Waals surface area contributed by atoms with Crippen molar-refractivity contribution in [1.29, 1.82) is 0 Å². The lowest BCUT2D eigenvalue weighted by molar-refractivity contribution is -0.125. The van der Waals surface area contributed by atoms with Gasteiger partial charge in [-0.15, -0.1) is 0 Å². The maximum atomic E-state index is 11.3. The predicted octanol–water partition coefficient (Wildman–Crippen LogP) is 0.513. The molecule has 0 bridgehead atoms. The van der Waals surface area contributed by atoms with Crippen LogP contribution in [0.25, 0.3) is 0 Å². The third kappa shape index (κ3) is 4.43. The summed E-state index contributed by atoms with van der Waals surface area (Å²) < 4.78 is 0. The normalized spacial score (nSPS) is 18.6. The largest absolute Gasteiger partial charge is 0.305 e. The van der Waals surface area contributed by atoms with Crippen LogP contribution in [0.3, 0.4) is 0 Å². The second kappa shape index (κ2) is 7.17. The summed E-state index contributed by atoms with van der Waals surface area (Å²) in [4.78, 5) is 24.6. The Hall–Kier alpha value is -1.72. The first-order valence-corrected chi connectivity index (χ1v) is 6.94. The molecule has 5 heteroatoms. The third-order valence-electron chi connectivity index (χ3n) is 3.37. The first kappa shape index (κ1) is 14.7. The number of carbonyl (C=O) groups is 2. The Morgan fingerprint density at radius 1 is 1.30 bits per heavy atom. The maximum Gasteiger partial charge on any atom is 0.244 e. The number of carbonyl (C=O) groups excluding carboxylic acids is 2. The number of hydrogen-bond donors (Lipinski definition) is 2. The van der Waals surface area contributed by atoms with Gasteiger partial charge in [-0.1, -0.05) is 30.3 Å². The fraction of sp³-hybridized carbons (Fsp3) is 0.467. The van der Waals surface area contributed by atoms with Crippen molar-refractivity contribution < 1.29 is 9.59 Å². The maximum absolute atomic E-state index is 11.3. The number of hydrogen-bond acceptors (Lipinski definition) is 4. The molecule has 1 aromatic rings. The van der Waals surface area contributed by atoms with E-state index in [9.17, 15) is 9.59 Å². The monoisotopic (exact) mass is 275 g/mol. The van der Waals surface area contributed by atoms with Crippen molar-refractivity contribution >= 4 is 11.8 Å². The zero-order valence-corrected chi connectivity index (χ0v) is 11.8. The Labute approximate surface area is 119 Å². The minimum Gasteiger partial charge on any atom is -0.305 e. The van der Waals surface area contributed by atoms with Crippen molar-refractivity contribution in [1.82, 2.24) is 15.5 Å². The van der Waals surface area contributed by atoms with Gasteiger partial charge in [0.2, 0.25) is 11.8 Å². The van der Waals surface area contributed by atoms with Gasteiger partial charge in [0.25, 0.3) is 0 Å². The highest BCUT2D eigenvalue weighted by Crippen LogP contribution is 2.04. The lowest BCUT2D eigenvalue weighted by atomic mass is 10.2. The molecule has 1 atom stereocenters. The Morgan fingerprint density at radius 3 is 2.70 bits per heavy atom. The third-order valence-corrected chi connectivity index (χ3v) is 3.37. The van der Waals surface area contributed by atoms with E-state index in [0.29, 0.717) is 0 Å². The van der Waals surface area contributed by atoms with Crippen LogP contribution < -0.4 is 10.6 Å². The number of benzene rings is 1. The van der Waals surface area contributed by atoms with E-state index < -0.39 is 0 Å². The highest BCUT2D eigenvalue weighted by Gasteiger charge is 2.29. The van der Waals surface area contributed by atoms with Crippen molar-refractivity contribution in [2.24, 2.45) is 0 Å². The molecular formula is C15H21N3O2. The number of rotatable bonds is 7. The fourth-order valence-corrected chi connectivity index (χ4v) is 2.32. The lowest BCUT2D eigenvalue weighted by Crippen LogP contribution is -2.37. The molecule has 0 aromatic heterocycles. The topological polar surface area (TPSA) is 61.4 Å². The molecule has 2 amide bonds. The molecule has 5 nitrogen and oxygen atoms in total. The molecule has 1 fully saturated rings. The van der Waals surface area contributed by atoms with E-state index in [4.69, 9.17) is 0 Å². The van der Waals surface area contributed by atoms with Gasteiger partial charge in [-0.05, 0) is 32.1 Å². The summed E-state index contributed by atoms with van der Waals surface area (Å²) in [6, 6.07) is 9.98. The van der Waals surface area contributed by atoms with Gasteiger partial charge in [0.05, 0.1) is 12.5 Å². The number of amides is 2. The van der Waals surface area contributed by atoms with Gasteiger partial charge < -0.3 is 10.2 Å². The van der Waals surface area contributed by atoms with Gasteiger partial charge in [0.15, 0.2) is 0 Å². The van der Waals surface area contributed by atoms with Crippen molar-refractivity contribution in [2.75, 3.05) is 20.1 Å². The molecule has 2 N–H and O–H groups in total. The summed E-state index contributed by atoms with van der Waals surface area (Å²) in [5.41, 5.74) is 1.30. The standard InChI is InChI=1S/C15H21N3O2/c1-18(11-12-6-3-2-4-7-12)9-5-8-16-13-10-14(19)17-15(13)20/h2-4,6-7,13,16H,5,8-11H2,1H3,(H,17,19,20). The van der Waals surface area contributed by atoms with Crippen LogP contribution in [0.1, 0.15) is 18.4 Å². The number of imide groups is 1. The van der Waals surface area contributed by atoms with Crippen LogP contribution in [-0.4, -0.2) is 42.9 Å².